The summed E-state index contributed by atoms with van der Waals surface area (Å²) in [5.74, 6) is 0.202. The number of likely N-dealkylation sites (N-methyl/N-ethyl adjacent to an activating group) is 1. The fourth-order valence-electron chi connectivity index (χ4n) is 3.79. The zero-order chi connectivity index (χ0) is 19.5. The number of rotatable bonds is 6. The Kier molecular flexibility index (Phi) is 8.71. The highest BCUT2D eigenvalue weighted by atomic mass is 35.5. The normalized spacial score (nSPS) is 13.4. The van der Waals surface area contributed by atoms with Crippen LogP contribution < -0.4 is 0 Å². The maximum atomic E-state index is 12.5. The summed E-state index contributed by atoms with van der Waals surface area (Å²) in [6.07, 6.45) is 9.13. The lowest BCUT2D eigenvalue weighted by atomic mass is 10.0. The number of halogens is 2. The lowest BCUT2D eigenvalue weighted by Crippen LogP contribution is -2.29. The van der Waals surface area contributed by atoms with E-state index in [1.54, 1.807) is 6.20 Å². The highest BCUT2D eigenvalue weighted by molar-refractivity contribution is 5.87. The van der Waals surface area contributed by atoms with Crippen molar-refractivity contribution < 1.29 is 9.21 Å². The van der Waals surface area contributed by atoms with Gasteiger partial charge in [0.15, 0.2) is 0 Å². The first-order valence-corrected chi connectivity index (χ1v) is 9.97. The van der Waals surface area contributed by atoms with Gasteiger partial charge in [0.05, 0.1) is 12.7 Å². The fourth-order valence-corrected chi connectivity index (χ4v) is 3.79. The smallest absolute Gasteiger partial charge is 0.227 e. The van der Waals surface area contributed by atoms with E-state index in [2.05, 4.69) is 42.2 Å². The van der Waals surface area contributed by atoms with E-state index < -0.39 is 0 Å². The number of hydrogen-bond acceptors (Lipinski definition) is 4. The van der Waals surface area contributed by atoms with E-state index in [0.29, 0.717) is 6.42 Å². The Labute approximate surface area is 190 Å². The molecule has 1 amide bonds. The van der Waals surface area contributed by atoms with E-state index >= 15 is 0 Å². The van der Waals surface area contributed by atoms with Gasteiger partial charge >= 0.3 is 0 Å². The van der Waals surface area contributed by atoms with Gasteiger partial charge in [-0.05, 0) is 68.2 Å². The van der Waals surface area contributed by atoms with Crippen LogP contribution in [0.3, 0.4) is 0 Å². The van der Waals surface area contributed by atoms with Crippen LogP contribution in [0.1, 0.15) is 24.0 Å². The van der Waals surface area contributed by atoms with Crippen LogP contribution in [-0.4, -0.2) is 54.4 Å². The third-order valence-corrected chi connectivity index (χ3v) is 5.42. The molecule has 0 saturated carbocycles. The average Bonchev–Trinajstić information content (AvgIpc) is 3.36. The molecule has 4 rings (SSSR count). The monoisotopic (exact) mass is 449 g/mol. The number of hydrogen-bond donors (Lipinski definition) is 0. The second kappa shape index (κ2) is 10.8. The fraction of sp³-hybridized carbons (Fsp3) is 0.391. The minimum Gasteiger partial charge on any atom is -0.464 e. The van der Waals surface area contributed by atoms with Crippen LogP contribution in [0, 0.1) is 0 Å². The highest BCUT2D eigenvalue weighted by Crippen LogP contribution is 2.28. The number of carbonyl (C=O) groups excluding carboxylic acids is 1. The summed E-state index contributed by atoms with van der Waals surface area (Å²) < 4.78 is 5.72. The number of benzene rings is 1. The van der Waals surface area contributed by atoms with Crippen LogP contribution in [-0.2, 0) is 17.6 Å². The Bertz CT molecular complexity index is 981. The summed E-state index contributed by atoms with van der Waals surface area (Å²) >= 11 is 0. The Morgan fingerprint density at radius 2 is 1.87 bits per heavy atom. The molecule has 2 aromatic heterocycles. The molecule has 0 aliphatic carbocycles. The Balaban J connectivity index is 0.00000160. The van der Waals surface area contributed by atoms with Crippen LogP contribution in [0.5, 0.6) is 0 Å². The molecule has 3 heterocycles. The van der Waals surface area contributed by atoms with Crippen molar-refractivity contribution in [3.63, 3.8) is 0 Å². The van der Waals surface area contributed by atoms with Gasteiger partial charge in [-0.2, -0.15) is 0 Å². The molecular weight excluding hydrogens is 421 g/mol. The van der Waals surface area contributed by atoms with E-state index in [0.717, 1.165) is 66.6 Å². The predicted molar refractivity (Wildman–Crippen MR) is 126 cm³/mol. The van der Waals surface area contributed by atoms with Gasteiger partial charge in [-0.15, -0.1) is 24.8 Å². The second-order valence-electron chi connectivity index (χ2n) is 7.87. The quantitative estimate of drug-likeness (QED) is 0.551. The average molecular weight is 450 g/mol. The minimum atomic E-state index is 0. The van der Waals surface area contributed by atoms with Crippen molar-refractivity contribution in [2.24, 2.45) is 0 Å². The summed E-state index contributed by atoms with van der Waals surface area (Å²) in [6, 6.07) is 8.34. The Morgan fingerprint density at radius 3 is 2.60 bits per heavy atom. The Hall–Kier alpha value is -2.08. The van der Waals surface area contributed by atoms with Crippen molar-refractivity contribution in [3.8, 4) is 11.1 Å². The molecule has 7 heteroatoms. The van der Waals surface area contributed by atoms with Crippen molar-refractivity contribution in [2.75, 3.05) is 33.7 Å². The number of likely N-dealkylation sites (tertiary alicyclic amines) is 1. The van der Waals surface area contributed by atoms with Gasteiger partial charge < -0.3 is 14.2 Å². The first-order chi connectivity index (χ1) is 13.6. The third-order valence-electron chi connectivity index (χ3n) is 5.42. The molecule has 162 valence electrons. The number of fused-ring (bicyclic) bond motifs is 1. The van der Waals surface area contributed by atoms with Crippen LogP contribution in [0.15, 0.2) is 47.3 Å². The molecule has 0 atom stereocenters. The van der Waals surface area contributed by atoms with Gasteiger partial charge in [-0.3, -0.25) is 9.78 Å². The van der Waals surface area contributed by atoms with Crippen molar-refractivity contribution in [3.05, 3.63) is 54.0 Å². The molecule has 0 spiro atoms. The zero-order valence-electron chi connectivity index (χ0n) is 17.5. The molecule has 1 aliphatic rings. The van der Waals surface area contributed by atoms with E-state index in [-0.39, 0.29) is 30.7 Å². The van der Waals surface area contributed by atoms with Crippen molar-refractivity contribution in [2.45, 2.75) is 25.7 Å². The van der Waals surface area contributed by atoms with Crippen molar-refractivity contribution in [1.82, 2.24) is 14.8 Å². The number of nitrogens with zero attached hydrogens (tertiary/aromatic N) is 3. The van der Waals surface area contributed by atoms with Crippen LogP contribution in [0.2, 0.25) is 0 Å². The van der Waals surface area contributed by atoms with Crippen LogP contribution in [0.4, 0.5) is 0 Å². The summed E-state index contributed by atoms with van der Waals surface area (Å²) in [6.45, 7) is 2.76. The first kappa shape index (κ1) is 24.2. The maximum Gasteiger partial charge on any atom is 0.227 e. The summed E-state index contributed by atoms with van der Waals surface area (Å²) in [5.41, 5.74) is 5.23. The molecule has 0 N–H and O–H groups in total. The van der Waals surface area contributed by atoms with Gasteiger partial charge in [0, 0.05) is 43.0 Å². The molecule has 3 aromatic rings. The Morgan fingerprint density at radius 1 is 1.10 bits per heavy atom. The number of pyridine rings is 1. The molecule has 0 radical (unpaired) electrons. The largest absolute Gasteiger partial charge is 0.464 e. The van der Waals surface area contributed by atoms with Crippen LogP contribution in [0.25, 0.3) is 22.1 Å². The molecule has 1 saturated heterocycles. The number of carbonyl (C=O) groups is 1. The molecule has 0 unspecified atom stereocenters. The van der Waals surface area contributed by atoms with E-state index in [4.69, 9.17) is 4.42 Å². The molecule has 1 aliphatic heterocycles. The predicted octanol–water partition coefficient (Wildman–Crippen LogP) is 4.61. The summed E-state index contributed by atoms with van der Waals surface area (Å²) in [4.78, 5) is 21.0. The van der Waals surface area contributed by atoms with Crippen molar-refractivity contribution >= 4 is 41.7 Å². The zero-order valence-corrected chi connectivity index (χ0v) is 19.1. The van der Waals surface area contributed by atoms with E-state index in [1.807, 2.05) is 23.4 Å². The molecule has 0 bridgehead atoms. The maximum absolute atomic E-state index is 12.5. The number of amides is 1. The second-order valence-corrected chi connectivity index (χ2v) is 7.87. The topological polar surface area (TPSA) is 49.6 Å². The molecule has 1 aromatic carbocycles. The minimum absolute atomic E-state index is 0. The standard InChI is InChI=1S/C23H27N3O2.2ClH/c1-25(2)10-7-19-16-28-22-6-5-18(13-21(19)22)20-11-17(14-24-15-20)12-23(27)26-8-3-4-9-26;;/h5-6,11,13-16H,3-4,7-10,12H2,1-2H3;2*1H. The lowest BCUT2D eigenvalue weighted by molar-refractivity contribution is -0.129. The summed E-state index contributed by atoms with van der Waals surface area (Å²) in [5, 5.41) is 1.15. The molecule has 5 nitrogen and oxygen atoms in total. The van der Waals surface area contributed by atoms with E-state index in [9.17, 15) is 4.79 Å². The van der Waals surface area contributed by atoms with Gasteiger partial charge in [-0.25, -0.2) is 0 Å². The van der Waals surface area contributed by atoms with Crippen LogP contribution >= 0.6 is 24.8 Å². The van der Waals surface area contributed by atoms with Gasteiger partial charge in [0.1, 0.15) is 5.58 Å². The SMILES string of the molecule is CN(C)CCc1coc2ccc(-c3cncc(CC(=O)N4CCCC4)c3)cc12.Cl.Cl. The lowest BCUT2D eigenvalue weighted by Gasteiger charge is -2.15. The summed E-state index contributed by atoms with van der Waals surface area (Å²) in [7, 11) is 4.16. The van der Waals surface area contributed by atoms with Gasteiger partial charge in [-0.1, -0.05) is 6.07 Å². The highest BCUT2D eigenvalue weighted by Gasteiger charge is 2.18. The van der Waals surface area contributed by atoms with E-state index in [1.165, 1.54) is 5.56 Å². The van der Waals surface area contributed by atoms with Gasteiger partial charge in [0.25, 0.3) is 0 Å². The van der Waals surface area contributed by atoms with Crippen molar-refractivity contribution in [1.29, 1.82) is 0 Å². The third kappa shape index (κ3) is 5.54. The molecular formula is C23H29Cl2N3O2. The number of aromatic nitrogens is 1. The molecule has 30 heavy (non-hydrogen) atoms. The first-order valence-electron chi connectivity index (χ1n) is 9.97. The molecule has 1 fully saturated rings. The number of furan rings is 1. The van der Waals surface area contributed by atoms with Gasteiger partial charge in [0.2, 0.25) is 5.91 Å².